The Balaban J connectivity index is 1.95. The predicted molar refractivity (Wildman–Crippen MR) is 76.7 cm³/mol. The maximum Gasteiger partial charge on any atom is 0.150 e. The molecule has 0 saturated heterocycles. The summed E-state index contributed by atoms with van der Waals surface area (Å²) in [5, 5.41) is 0. The monoisotopic (exact) mass is 254 g/mol. The predicted octanol–water partition coefficient (Wildman–Crippen LogP) is 4.20. The van der Waals surface area contributed by atoms with Gasteiger partial charge >= 0.3 is 0 Å². The molecule has 0 spiro atoms. The Morgan fingerprint density at radius 1 is 1.00 bits per heavy atom. The second-order valence-corrected chi connectivity index (χ2v) is 4.87. The number of hydrogen-bond acceptors (Lipinski definition) is 2. The van der Waals surface area contributed by atoms with Crippen molar-refractivity contribution in [1.29, 1.82) is 0 Å². The van der Waals surface area contributed by atoms with E-state index >= 15 is 0 Å². The quantitative estimate of drug-likeness (QED) is 0.747. The molecule has 0 aliphatic heterocycles. The highest BCUT2D eigenvalue weighted by Crippen LogP contribution is 2.19. The molecule has 0 aromatic heterocycles. The van der Waals surface area contributed by atoms with Crippen LogP contribution in [0.15, 0.2) is 48.5 Å². The molecule has 98 valence electrons. The normalized spacial score (nSPS) is 10.5. The first-order valence-corrected chi connectivity index (χ1v) is 6.46. The number of ether oxygens (including phenoxy) is 1. The van der Waals surface area contributed by atoms with E-state index in [9.17, 15) is 4.79 Å². The fourth-order valence-electron chi connectivity index (χ4n) is 1.81. The van der Waals surface area contributed by atoms with Gasteiger partial charge in [-0.15, -0.1) is 0 Å². The second kappa shape index (κ2) is 6.19. The standard InChI is InChI=1S/C17H18O2/c1-13(2)16-7-9-17(10-8-16)19-12-15-5-3-14(11-18)4-6-15/h3-11,13H,12H2,1-2H3. The molecule has 0 unspecified atom stereocenters. The lowest BCUT2D eigenvalue weighted by molar-refractivity contribution is 0.112. The van der Waals surface area contributed by atoms with Crippen LogP contribution in [0.25, 0.3) is 0 Å². The maximum atomic E-state index is 10.6. The summed E-state index contributed by atoms with van der Waals surface area (Å²) < 4.78 is 5.71. The Kier molecular flexibility index (Phi) is 4.35. The summed E-state index contributed by atoms with van der Waals surface area (Å²) in [5.41, 5.74) is 3.05. The average molecular weight is 254 g/mol. The topological polar surface area (TPSA) is 26.3 Å². The molecule has 0 bridgehead atoms. The molecule has 2 aromatic carbocycles. The van der Waals surface area contributed by atoms with E-state index in [-0.39, 0.29) is 0 Å². The summed E-state index contributed by atoms with van der Waals surface area (Å²) in [7, 11) is 0. The minimum Gasteiger partial charge on any atom is -0.489 e. The van der Waals surface area contributed by atoms with Gasteiger partial charge in [0, 0.05) is 5.56 Å². The molecule has 2 aromatic rings. The van der Waals surface area contributed by atoms with E-state index in [1.165, 1.54) is 5.56 Å². The third-order valence-corrected chi connectivity index (χ3v) is 3.07. The molecule has 0 N–H and O–H groups in total. The van der Waals surface area contributed by atoms with Crippen molar-refractivity contribution in [2.24, 2.45) is 0 Å². The summed E-state index contributed by atoms with van der Waals surface area (Å²) >= 11 is 0. The molecule has 0 fully saturated rings. The first-order chi connectivity index (χ1) is 9.19. The van der Waals surface area contributed by atoms with Crippen molar-refractivity contribution < 1.29 is 9.53 Å². The molecule has 0 aliphatic rings. The fraction of sp³-hybridized carbons (Fsp3) is 0.235. The van der Waals surface area contributed by atoms with Crippen molar-refractivity contribution in [1.82, 2.24) is 0 Å². The number of carbonyl (C=O) groups is 1. The lowest BCUT2D eigenvalue weighted by Crippen LogP contribution is -1.96. The summed E-state index contributed by atoms with van der Waals surface area (Å²) in [6.45, 7) is 4.86. The number of aldehydes is 1. The zero-order valence-corrected chi connectivity index (χ0v) is 11.3. The molecular weight excluding hydrogens is 236 g/mol. The zero-order valence-electron chi connectivity index (χ0n) is 11.3. The number of hydrogen-bond donors (Lipinski definition) is 0. The van der Waals surface area contributed by atoms with Gasteiger partial charge in [0.25, 0.3) is 0 Å². The van der Waals surface area contributed by atoms with E-state index in [1.54, 1.807) is 12.1 Å². The Labute approximate surface area is 114 Å². The van der Waals surface area contributed by atoms with Gasteiger partial charge in [0.05, 0.1) is 0 Å². The Bertz CT molecular complexity index is 524. The minimum atomic E-state index is 0.514. The third-order valence-electron chi connectivity index (χ3n) is 3.07. The molecule has 2 nitrogen and oxygen atoms in total. The van der Waals surface area contributed by atoms with Crippen molar-refractivity contribution in [3.63, 3.8) is 0 Å². The van der Waals surface area contributed by atoms with Crippen LogP contribution in [0.5, 0.6) is 5.75 Å². The van der Waals surface area contributed by atoms with Gasteiger partial charge < -0.3 is 4.74 Å². The molecule has 19 heavy (non-hydrogen) atoms. The fourth-order valence-corrected chi connectivity index (χ4v) is 1.81. The molecule has 0 atom stereocenters. The van der Waals surface area contributed by atoms with E-state index in [2.05, 4.69) is 26.0 Å². The number of carbonyl (C=O) groups excluding carboxylic acids is 1. The van der Waals surface area contributed by atoms with Crippen LogP contribution in [0.1, 0.15) is 41.3 Å². The summed E-state index contributed by atoms with van der Waals surface area (Å²) in [4.78, 5) is 10.6. The highest BCUT2D eigenvalue weighted by molar-refractivity contribution is 5.74. The van der Waals surface area contributed by atoms with E-state index in [4.69, 9.17) is 4.74 Å². The Morgan fingerprint density at radius 2 is 1.63 bits per heavy atom. The smallest absolute Gasteiger partial charge is 0.150 e. The van der Waals surface area contributed by atoms with Crippen LogP contribution < -0.4 is 4.74 Å². The maximum absolute atomic E-state index is 10.6. The van der Waals surface area contributed by atoms with Crippen LogP contribution in [-0.2, 0) is 6.61 Å². The van der Waals surface area contributed by atoms with E-state index < -0.39 is 0 Å². The van der Waals surface area contributed by atoms with Gasteiger partial charge in [0.1, 0.15) is 18.6 Å². The van der Waals surface area contributed by atoms with Gasteiger partial charge in [0.15, 0.2) is 0 Å². The highest BCUT2D eigenvalue weighted by Gasteiger charge is 2.00. The van der Waals surface area contributed by atoms with Gasteiger partial charge in [-0.1, -0.05) is 50.2 Å². The van der Waals surface area contributed by atoms with E-state index in [0.717, 1.165) is 17.6 Å². The number of rotatable bonds is 5. The highest BCUT2D eigenvalue weighted by atomic mass is 16.5. The van der Waals surface area contributed by atoms with Gasteiger partial charge in [0.2, 0.25) is 0 Å². The third kappa shape index (κ3) is 3.68. The van der Waals surface area contributed by atoms with Gasteiger partial charge in [-0.2, -0.15) is 0 Å². The summed E-state index contributed by atoms with van der Waals surface area (Å²) in [5.74, 6) is 1.40. The van der Waals surface area contributed by atoms with E-state index in [0.29, 0.717) is 18.1 Å². The van der Waals surface area contributed by atoms with Crippen molar-refractivity contribution in [2.45, 2.75) is 26.4 Å². The minimum absolute atomic E-state index is 0.514. The molecule has 2 heteroatoms. The van der Waals surface area contributed by atoms with Gasteiger partial charge in [-0.05, 0) is 29.2 Å². The largest absolute Gasteiger partial charge is 0.489 e. The van der Waals surface area contributed by atoms with Gasteiger partial charge in [-0.25, -0.2) is 0 Å². The summed E-state index contributed by atoms with van der Waals surface area (Å²) in [6.07, 6.45) is 0.843. The second-order valence-electron chi connectivity index (χ2n) is 4.87. The Morgan fingerprint density at radius 3 is 2.16 bits per heavy atom. The van der Waals surface area contributed by atoms with Crippen molar-refractivity contribution in [3.8, 4) is 5.75 Å². The summed E-state index contributed by atoms with van der Waals surface area (Å²) in [6, 6.07) is 15.6. The van der Waals surface area contributed by atoms with Crippen LogP contribution in [0, 0.1) is 0 Å². The molecular formula is C17H18O2. The van der Waals surface area contributed by atoms with Crippen LogP contribution in [-0.4, -0.2) is 6.29 Å². The van der Waals surface area contributed by atoms with Gasteiger partial charge in [-0.3, -0.25) is 4.79 Å². The van der Waals surface area contributed by atoms with E-state index in [1.807, 2.05) is 24.3 Å². The van der Waals surface area contributed by atoms with Crippen molar-refractivity contribution >= 4 is 6.29 Å². The zero-order chi connectivity index (χ0) is 13.7. The van der Waals surface area contributed by atoms with Crippen molar-refractivity contribution in [2.75, 3.05) is 0 Å². The first-order valence-electron chi connectivity index (χ1n) is 6.46. The molecule has 0 heterocycles. The first kappa shape index (κ1) is 13.3. The Hall–Kier alpha value is -2.09. The average Bonchev–Trinajstić information content (AvgIpc) is 2.46. The van der Waals surface area contributed by atoms with Crippen LogP contribution in [0.3, 0.4) is 0 Å². The van der Waals surface area contributed by atoms with Crippen LogP contribution >= 0.6 is 0 Å². The molecule has 0 radical (unpaired) electrons. The lowest BCUT2D eigenvalue weighted by atomic mass is 10.0. The molecule has 0 saturated carbocycles. The number of benzene rings is 2. The van der Waals surface area contributed by atoms with Crippen molar-refractivity contribution in [3.05, 3.63) is 65.2 Å². The lowest BCUT2D eigenvalue weighted by Gasteiger charge is -2.09. The molecule has 0 aliphatic carbocycles. The van der Waals surface area contributed by atoms with Crippen LogP contribution in [0.4, 0.5) is 0 Å². The molecule has 2 rings (SSSR count). The van der Waals surface area contributed by atoms with Crippen LogP contribution in [0.2, 0.25) is 0 Å². The molecule has 0 amide bonds. The SMILES string of the molecule is CC(C)c1ccc(OCc2ccc(C=O)cc2)cc1.